The summed E-state index contributed by atoms with van der Waals surface area (Å²) in [7, 11) is 0. The molecule has 2 aromatic heterocycles. The molecular weight excluding hydrogens is 280 g/mol. The Morgan fingerprint density at radius 3 is 2.84 bits per heavy atom. The first-order valence-corrected chi connectivity index (χ1v) is 7.91. The van der Waals surface area contributed by atoms with E-state index in [1.165, 1.54) is 11.8 Å². The van der Waals surface area contributed by atoms with Crippen molar-refractivity contribution >= 4 is 29.1 Å². The number of thioether (sulfide) groups is 1. The first kappa shape index (κ1) is 14.0. The van der Waals surface area contributed by atoms with Crippen LogP contribution in [0.25, 0.3) is 10.7 Å². The zero-order valence-electron chi connectivity index (χ0n) is 11.0. The van der Waals surface area contributed by atoms with Crippen LogP contribution in [0.4, 0.5) is 0 Å². The highest BCUT2D eigenvalue weighted by atomic mass is 32.2. The SMILES string of the molecule is CCOC(=O)c1c(C)nc(-c2cccs2)nc1SC. The van der Waals surface area contributed by atoms with Gasteiger partial charge in [0.25, 0.3) is 0 Å². The fourth-order valence-electron chi connectivity index (χ4n) is 1.65. The van der Waals surface area contributed by atoms with Gasteiger partial charge in [-0.15, -0.1) is 23.1 Å². The van der Waals surface area contributed by atoms with Gasteiger partial charge < -0.3 is 4.74 Å². The molecule has 2 heterocycles. The molecule has 0 aliphatic heterocycles. The van der Waals surface area contributed by atoms with Crippen LogP contribution >= 0.6 is 23.1 Å². The lowest BCUT2D eigenvalue weighted by molar-refractivity contribution is 0.0520. The minimum absolute atomic E-state index is 0.346. The normalized spacial score (nSPS) is 10.5. The molecule has 2 aromatic rings. The number of esters is 1. The average molecular weight is 294 g/mol. The summed E-state index contributed by atoms with van der Waals surface area (Å²) in [5.74, 6) is 0.298. The number of carbonyl (C=O) groups excluding carboxylic acids is 1. The van der Waals surface area contributed by atoms with Crippen molar-refractivity contribution in [3.8, 4) is 10.7 Å². The van der Waals surface area contributed by atoms with Crippen LogP contribution in [-0.4, -0.2) is 28.8 Å². The van der Waals surface area contributed by atoms with Gasteiger partial charge in [-0.3, -0.25) is 0 Å². The van der Waals surface area contributed by atoms with Crippen molar-refractivity contribution in [2.75, 3.05) is 12.9 Å². The van der Waals surface area contributed by atoms with E-state index in [0.29, 0.717) is 28.7 Å². The molecule has 0 saturated carbocycles. The molecule has 0 radical (unpaired) electrons. The molecule has 2 rings (SSSR count). The predicted molar refractivity (Wildman–Crippen MR) is 77.8 cm³/mol. The summed E-state index contributed by atoms with van der Waals surface area (Å²) in [5, 5.41) is 2.64. The van der Waals surface area contributed by atoms with Gasteiger partial charge >= 0.3 is 5.97 Å². The Kier molecular flexibility index (Phi) is 4.55. The molecule has 0 fully saturated rings. The maximum atomic E-state index is 11.9. The second-order valence-electron chi connectivity index (χ2n) is 3.71. The molecule has 6 heteroatoms. The Morgan fingerprint density at radius 2 is 2.26 bits per heavy atom. The number of aryl methyl sites for hydroxylation is 1. The molecule has 4 nitrogen and oxygen atoms in total. The van der Waals surface area contributed by atoms with Crippen molar-refractivity contribution in [2.24, 2.45) is 0 Å². The van der Waals surface area contributed by atoms with Crippen LogP contribution in [0, 0.1) is 6.92 Å². The molecule has 19 heavy (non-hydrogen) atoms. The highest BCUT2D eigenvalue weighted by molar-refractivity contribution is 7.98. The van der Waals surface area contributed by atoms with Crippen LogP contribution in [-0.2, 0) is 4.74 Å². The highest BCUT2D eigenvalue weighted by Crippen LogP contribution is 2.27. The summed E-state index contributed by atoms with van der Waals surface area (Å²) in [5.41, 5.74) is 1.12. The number of hydrogen-bond donors (Lipinski definition) is 0. The van der Waals surface area contributed by atoms with Crippen molar-refractivity contribution in [2.45, 2.75) is 18.9 Å². The van der Waals surface area contributed by atoms with Gasteiger partial charge in [-0.2, -0.15) is 0 Å². The minimum Gasteiger partial charge on any atom is -0.462 e. The van der Waals surface area contributed by atoms with E-state index in [4.69, 9.17) is 4.74 Å². The lowest BCUT2D eigenvalue weighted by Crippen LogP contribution is -2.11. The lowest BCUT2D eigenvalue weighted by atomic mass is 10.2. The molecular formula is C13H14N2O2S2. The number of ether oxygens (including phenoxy) is 1. The van der Waals surface area contributed by atoms with Crippen LogP contribution < -0.4 is 0 Å². The van der Waals surface area contributed by atoms with Crippen LogP contribution in [0.2, 0.25) is 0 Å². The van der Waals surface area contributed by atoms with Gasteiger partial charge in [0.05, 0.1) is 17.2 Å². The van der Waals surface area contributed by atoms with E-state index in [-0.39, 0.29) is 5.97 Å². The van der Waals surface area contributed by atoms with Crippen molar-refractivity contribution in [3.05, 3.63) is 28.8 Å². The van der Waals surface area contributed by atoms with Crippen LogP contribution in [0.15, 0.2) is 22.5 Å². The zero-order chi connectivity index (χ0) is 13.8. The number of thiophene rings is 1. The summed E-state index contributed by atoms with van der Waals surface area (Å²) in [4.78, 5) is 21.8. The molecule has 0 atom stereocenters. The van der Waals surface area contributed by atoms with E-state index in [1.807, 2.05) is 30.7 Å². The van der Waals surface area contributed by atoms with Crippen molar-refractivity contribution in [1.82, 2.24) is 9.97 Å². The number of hydrogen-bond acceptors (Lipinski definition) is 6. The van der Waals surface area contributed by atoms with Gasteiger partial charge in [0.1, 0.15) is 10.6 Å². The van der Waals surface area contributed by atoms with E-state index in [0.717, 1.165) is 4.88 Å². The third-order valence-corrected chi connectivity index (χ3v) is 4.02. The third-order valence-electron chi connectivity index (χ3n) is 2.47. The van der Waals surface area contributed by atoms with Gasteiger partial charge in [-0.05, 0) is 31.5 Å². The van der Waals surface area contributed by atoms with E-state index in [2.05, 4.69) is 9.97 Å². The third kappa shape index (κ3) is 2.96. The first-order valence-electron chi connectivity index (χ1n) is 5.81. The molecule has 0 aliphatic carbocycles. The number of aromatic nitrogens is 2. The minimum atomic E-state index is -0.359. The van der Waals surface area contributed by atoms with Crippen LogP contribution in [0.1, 0.15) is 23.0 Å². The molecule has 100 valence electrons. The summed E-state index contributed by atoms with van der Waals surface area (Å²) >= 11 is 3.01. The molecule has 0 saturated heterocycles. The summed E-state index contributed by atoms with van der Waals surface area (Å²) in [6, 6.07) is 3.92. The molecule has 0 N–H and O–H groups in total. The smallest absolute Gasteiger partial charge is 0.342 e. The van der Waals surface area contributed by atoms with Crippen LogP contribution in [0.3, 0.4) is 0 Å². The van der Waals surface area contributed by atoms with Crippen molar-refractivity contribution < 1.29 is 9.53 Å². The summed E-state index contributed by atoms with van der Waals surface area (Å²) in [6.07, 6.45) is 1.89. The fourth-order valence-corrected chi connectivity index (χ4v) is 2.92. The standard InChI is InChI=1S/C13H14N2O2S2/c1-4-17-13(16)10-8(2)14-11(15-12(10)18-3)9-6-5-7-19-9/h5-7H,4H2,1-3H3. The summed E-state index contributed by atoms with van der Waals surface area (Å²) < 4.78 is 5.05. The van der Waals surface area contributed by atoms with Crippen molar-refractivity contribution in [1.29, 1.82) is 0 Å². The predicted octanol–water partition coefficient (Wildman–Crippen LogP) is 3.41. The Balaban J connectivity index is 2.49. The maximum Gasteiger partial charge on any atom is 0.342 e. The molecule has 0 unspecified atom stereocenters. The number of nitrogens with zero attached hydrogens (tertiary/aromatic N) is 2. The average Bonchev–Trinajstić information content (AvgIpc) is 2.91. The quantitative estimate of drug-likeness (QED) is 0.491. The Bertz CT molecular complexity index is 583. The topological polar surface area (TPSA) is 52.1 Å². The largest absolute Gasteiger partial charge is 0.462 e. The monoisotopic (exact) mass is 294 g/mol. The van der Waals surface area contributed by atoms with Gasteiger partial charge in [-0.1, -0.05) is 6.07 Å². The van der Waals surface area contributed by atoms with Gasteiger partial charge in [0.2, 0.25) is 0 Å². The molecule has 0 amide bonds. The number of rotatable bonds is 4. The molecule has 0 spiro atoms. The van der Waals surface area contributed by atoms with E-state index < -0.39 is 0 Å². The second kappa shape index (κ2) is 6.16. The van der Waals surface area contributed by atoms with E-state index in [9.17, 15) is 4.79 Å². The first-order chi connectivity index (χ1) is 9.17. The fraction of sp³-hybridized carbons (Fsp3) is 0.308. The van der Waals surface area contributed by atoms with Crippen LogP contribution in [0.5, 0.6) is 0 Å². The molecule has 0 aromatic carbocycles. The van der Waals surface area contributed by atoms with Crippen molar-refractivity contribution in [3.63, 3.8) is 0 Å². The summed E-state index contributed by atoms with van der Waals surface area (Å²) in [6.45, 7) is 3.94. The second-order valence-corrected chi connectivity index (χ2v) is 5.46. The van der Waals surface area contributed by atoms with Gasteiger partial charge in [0.15, 0.2) is 5.82 Å². The molecule has 0 aliphatic rings. The maximum absolute atomic E-state index is 11.9. The van der Waals surface area contributed by atoms with Gasteiger partial charge in [0, 0.05) is 0 Å². The Hall–Kier alpha value is -1.40. The number of carbonyl (C=O) groups is 1. The van der Waals surface area contributed by atoms with E-state index >= 15 is 0 Å². The Morgan fingerprint density at radius 1 is 1.47 bits per heavy atom. The van der Waals surface area contributed by atoms with E-state index in [1.54, 1.807) is 18.3 Å². The lowest BCUT2D eigenvalue weighted by Gasteiger charge is -2.10. The zero-order valence-corrected chi connectivity index (χ0v) is 12.6. The highest BCUT2D eigenvalue weighted by Gasteiger charge is 2.20. The Labute approximate surface area is 120 Å². The molecule has 0 bridgehead atoms. The van der Waals surface area contributed by atoms with Gasteiger partial charge in [-0.25, -0.2) is 14.8 Å².